The smallest absolute Gasteiger partial charge is 0.314 e. The molecule has 0 aliphatic rings. The molecular formula is C10H15N3O3. The van der Waals surface area contributed by atoms with E-state index in [2.05, 4.69) is 5.32 Å². The quantitative estimate of drug-likeness (QED) is 0.399. The first kappa shape index (κ1) is 12.3. The molecule has 0 radical (unpaired) electrons. The van der Waals surface area contributed by atoms with Gasteiger partial charge < -0.3 is 16.2 Å². The number of anilines is 2. The van der Waals surface area contributed by atoms with Crippen molar-refractivity contribution in [2.75, 3.05) is 17.7 Å². The number of nitrogens with one attached hydrogen (secondary N) is 1. The summed E-state index contributed by atoms with van der Waals surface area (Å²) in [6.07, 6.45) is 0.669. The van der Waals surface area contributed by atoms with Crippen LogP contribution in [0.1, 0.15) is 13.3 Å². The SMILES string of the molecule is CCC(CO)Nc1cccc(N)c1[N+](=O)[O-]. The minimum Gasteiger partial charge on any atom is -0.394 e. The summed E-state index contributed by atoms with van der Waals surface area (Å²) in [5.74, 6) is 0. The monoisotopic (exact) mass is 225 g/mol. The normalized spacial score (nSPS) is 12.1. The van der Waals surface area contributed by atoms with Crippen molar-refractivity contribution in [1.29, 1.82) is 0 Å². The van der Waals surface area contributed by atoms with Crippen molar-refractivity contribution < 1.29 is 10.0 Å². The van der Waals surface area contributed by atoms with Crippen LogP contribution in [0.2, 0.25) is 0 Å². The van der Waals surface area contributed by atoms with E-state index in [1.54, 1.807) is 12.1 Å². The van der Waals surface area contributed by atoms with E-state index in [-0.39, 0.29) is 24.0 Å². The van der Waals surface area contributed by atoms with Crippen molar-refractivity contribution in [3.05, 3.63) is 28.3 Å². The van der Waals surface area contributed by atoms with Crippen molar-refractivity contribution in [3.8, 4) is 0 Å². The number of rotatable bonds is 5. The number of nitrogens with zero attached hydrogens (tertiary/aromatic N) is 1. The minimum atomic E-state index is -0.526. The van der Waals surface area contributed by atoms with Crippen LogP contribution in [0, 0.1) is 10.1 Å². The number of nitrogen functional groups attached to an aromatic ring is 1. The minimum absolute atomic E-state index is 0.0809. The van der Waals surface area contributed by atoms with Crippen molar-refractivity contribution in [2.24, 2.45) is 0 Å². The number of hydrogen-bond donors (Lipinski definition) is 3. The molecule has 1 aromatic carbocycles. The zero-order valence-electron chi connectivity index (χ0n) is 9.01. The number of aliphatic hydroxyl groups excluding tert-OH is 1. The van der Waals surface area contributed by atoms with Crippen LogP contribution >= 0.6 is 0 Å². The van der Waals surface area contributed by atoms with Gasteiger partial charge in [0.25, 0.3) is 0 Å². The lowest BCUT2D eigenvalue weighted by Gasteiger charge is -2.15. The number of hydrogen-bond acceptors (Lipinski definition) is 5. The summed E-state index contributed by atoms with van der Waals surface area (Å²) in [4.78, 5) is 10.3. The molecule has 0 aliphatic heterocycles. The number of benzene rings is 1. The summed E-state index contributed by atoms with van der Waals surface area (Å²) in [5.41, 5.74) is 5.85. The van der Waals surface area contributed by atoms with Crippen LogP contribution in [0.4, 0.5) is 17.1 Å². The molecular weight excluding hydrogens is 210 g/mol. The van der Waals surface area contributed by atoms with Gasteiger partial charge in [0.2, 0.25) is 0 Å². The van der Waals surface area contributed by atoms with Crippen LogP contribution < -0.4 is 11.1 Å². The van der Waals surface area contributed by atoms with Crippen LogP contribution in [0.3, 0.4) is 0 Å². The molecule has 1 aromatic rings. The predicted octanol–water partition coefficient (Wildman–Crippen LogP) is 1.36. The number of nitrogens with two attached hydrogens (primary N) is 1. The molecule has 0 aliphatic carbocycles. The lowest BCUT2D eigenvalue weighted by molar-refractivity contribution is -0.383. The third-order valence-electron chi connectivity index (χ3n) is 2.32. The number of para-hydroxylation sites is 1. The summed E-state index contributed by atoms with van der Waals surface area (Å²) in [7, 11) is 0. The van der Waals surface area contributed by atoms with E-state index < -0.39 is 4.92 Å². The molecule has 6 nitrogen and oxygen atoms in total. The summed E-state index contributed by atoms with van der Waals surface area (Å²) < 4.78 is 0. The average Bonchev–Trinajstić information content (AvgIpc) is 2.25. The highest BCUT2D eigenvalue weighted by molar-refractivity contribution is 5.74. The first-order chi connectivity index (χ1) is 7.60. The summed E-state index contributed by atoms with van der Waals surface area (Å²) in [5, 5.41) is 22.7. The number of nitro groups is 1. The highest BCUT2D eigenvalue weighted by Crippen LogP contribution is 2.30. The molecule has 0 spiro atoms. The predicted molar refractivity (Wildman–Crippen MR) is 62.3 cm³/mol. The Labute approximate surface area is 93.2 Å². The summed E-state index contributed by atoms with van der Waals surface area (Å²) in [6.45, 7) is 1.80. The van der Waals surface area contributed by atoms with Gasteiger partial charge in [0, 0.05) is 6.04 Å². The molecule has 0 fully saturated rings. The van der Waals surface area contributed by atoms with E-state index in [4.69, 9.17) is 10.8 Å². The Bertz CT molecular complexity index is 378. The van der Waals surface area contributed by atoms with E-state index in [0.717, 1.165) is 0 Å². The van der Waals surface area contributed by atoms with Gasteiger partial charge in [-0.3, -0.25) is 10.1 Å². The maximum absolute atomic E-state index is 10.8. The lowest BCUT2D eigenvalue weighted by atomic mass is 10.2. The fourth-order valence-corrected chi connectivity index (χ4v) is 1.38. The standard InChI is InChI=1S/C10H15N3O3/c1-2-7(6-14)12-9-5-3-4-8(11)10(9)13(15)16/h3-5,7,12,14H,2,6,11H2,1H3. The van der Waals surface area contributed by atoms with Crippen LogP contribution in [0.25, 0.3) is 0 Å². The van der Waals surface area contributed by atoms with Gasteiger partial charge in [-0.15, -0.1) is 0 Å². The van der Waals surface area contributed by atoms with E-state index in [1.165, 1.54) is 6.07 Å². The first-order valence-electron chi connectivity index (χ1n) is 5.00. The highest BCUT2D eigenvalue weighted by Gasteiger charge is 2.19. The second kappa shape index (κ2) is 5.32. The van der Waals surface area contributed by atoms with Crippen molar-refractivity contribution in [3.63, 3.8) is 0 Å². The van der Waals surface area contributed by atoms with Gasteiger partial charge >= 0.3 is 5.69 Å². The number of aliphatic hydroxyl groups is 1. The Morgan fingerprint density at radius 3 is 2.81 bits per heavy atom. The molecule has 16 heavy (non-hydrogen) atoms. The molecule has 88 valence electrons. The van der Waals surface area contributed by atoms with E-state index in [1.807, 2.05) is 6.92 Å². The van der Waals surface area contributed by atoms with Gasteiger partial charge in [-0.05, 0) is 18.6 Å². The van der Waals surface area contributed by atoms with Crippen molar-refractivity contribution in [1.82, 2.24) is 0 Å². The molecule has 1 unspecified atom stereocenters. The van der Waals surface area contributed by atoms with Crippen LogP contribution in [-0.2, 0) is 0 Å². The molecule has 1 atom stereocenters. The second-order valence-corrected chi connectivity index (χ2v) is 3.43. The third-order valence-corrected chi connectivity index (χ3v) is 2.32. The van der Waals surface area contributed by atoms with Crippen LogP contribution in [0.15, 0.2) is 18.2 Å². The molecule has 0 bridgehead atoms. The Hall–Kier alpha value is -1.82. The van der Waals surface area contributed by atoms with Gasteiger partial charge in [0.15, 0.2) is 0 Å². The van der Waals surface area contributed by atoms with Gasteiger partial charge in [-0.25, -0.2) is 0 Å². The largest absolute Gasteiger partial charge is 0.394 e. The Morgan fingerprint density at radius 1 is 1.62 bits per heavy atom. The van der Waals surface area contributed by atoms with Crippen molar-refractivity contribution in [2.45, 2.75) is 19.4 Å². The third kappa shape index (κ3) is 2.60. The fourth-order valence-electron chi connectivity index (χ4n) is 1.38. The zero-order chi connectivity index (χ0) is 12.1. The molecule has 0 heterocycles. The highest BCUT2D eigenvalue weighted by atomic mass is 16.6. The van der Waals surface area contributed by atoms with E-state index >= 15 is 0 Å². The van der Waals surface area contributed by atoms with E-state index in [0.29, 0.717) is 12.1 Å². The van der Waals surface area contributed by atoms with Gasteiger partial charge in [0.05, 0.1) is 11.5 Å². The first-order valence-corrected chi connectivity index (χ1v) is 5.00. The van der Waals surface area contributed by atoms with Gasteiger partial charge in [-0.1, -0.05) is 13.0 Å². The van der Waals surface area contributed by atoms with Crippen LogP contribution in [0.5, 0.6) is 0 Å². The topological polar surface area (TPSA) is 101 Å². The fraction of sp³-hybridized carbons (Fsp3) is 0.400. The van der Waals surface area contributed by atoms with Crippen LogP contribution in [-0.4, -0.2) is 22.7 Å². The molecule has 0 amide bonds. The Morgan fingerprint density at radius 2 is 2.31 bits per heavy atom. The molecule has 0 aromatic heterocycles. The lowest BCUT2D eigenvalue weighted by Crippen LogP contribution is -2.23. The Balaban J connectivity index is 3.03. The maximum Gasteiger partial charge on any atom is 0.314 e. The summed E-state index contributed by atoms with van der Waals surface area (Å²) in [6, 6.07) is 4.48. The maximum atomic E-state index is 10.8. The Kier molecular flexibility index (Phi) is 4.07. The van der Waals surface area contributed by atoms with Gasteiger partial charge in [-0.2, -0.15) is 0 Å². The van der Waals surface area contributed by atoms with E-state index in [9.17, 15) is 10.1 Å². The second-order valence-electron chi connectivity index (χ2n) is 3.43. The van der Waals surface area contributed by atoms with Crippen molar-refractivity contribution >= 4 is 17.1 Å². The molecule has 0 saturated carbocycles. The molecule has 0 saturated heterocycles. The van der Waals surface area contributed by atoms with Gasteiger partial charge in [0.1, 0.15) is 11.4 Å². The average molecular weight is 225 g/mol. The molecule has 4 N–H and O–H groups in total. The zero-order valence-corrected chi connectivity index (χ0v) is 9.01. The summed E-state index contributed by atoms with van der Waals surface area (Å²) >= 11 is 0. The molecule has 1 rings (SSSR count). The number of nitro benzene ring substituents is 1. The molecule has 6 heteroatoms.